The van der Waals surface area contributed by atoms with Gasteiger partial charge in [0, 0.05) is 20.6 Å². The first-order valence-electron chi connectivity index (χ1n) is 9.15. The van der Waals surface area contributed by atoms with Crippen molar-refractivity contribution in [1.82, 2.24) is 5.32 Å². The second kappa shape index (κ2) is 8.96. The molecule has 0 bridgehead atoms. The Balaban J connectivity index is 1.56. The summed E-state index contributed by atoms with van der Waals surface area (Å²) in [6, 6.07) is 12.5. The quantitative estimate of drug-likeness (QED) is 0.419. The van der Waals surface area contributed by atoms with Crippen LogP contribution in [0.25, 0.3) is 0 Å². The predicted octanol–water partition coefficient (Wildman–Crippen LogP) is 1.83. The van der Waals surface area contributed by atoms with Gasteiger partial charge in [0.25, 0.3) is 5.91 Å². The summed E-state index contributed by atoms with van der Waals surface area (Å²) in [7, 11) is 3.52. The monoisotopic (exact) mass is 408 g/mol. The Hall–Kier alpha value is -4.06. The smallest absolute Gasteiger partial charge is 0.308 e. The number of hydrogen-bond acceptors (Lipinski definition) is 8. The summed E-state index contributed by atoms with van der Waals surface area (Å²) in [4.78, 5) is 39.7. The number of carbonyl (C=O) groups excluding carboxylic acids is 3. The van der Waals surface area contributed by atoms with Gasteiger partial charge in [0.05, 0.1) is 24.1 Å². The van der Waals surface area contributed by atoms with E-state index in [1.165, 1.54) is 12.3 Å². The van der Waals surface area contributed by atoms with Crippen LogP contribution in [-0.2, 0) is 14.3 Å². The molecule has 0 radical (unpaired) electrons. The van der Waals surface area contributed by atoms with Crippen LogP contribution >= 0.6 is 0 Å². The highest BCUT2D eigenvalue weighted by molar-refractivity contribution is 6.03. The molecule has 1 aromatic heterocycles. The fourth-order valence-corrected chi connectivity index (χ4v) is 3.12. The average molecular weight is 408 g/mol. The zero-order chi connectivity index (χ0) is 21.7. The maximum atomic E-state index is 12.6. The van der Waals surface area contributed by atoms with Gasteiger partial charge in [0.15, 0.2) is 12.4 Å². The summed E-state index contributed by atoms with van der Waals surface area (Å²) in [5.74, 6) is -1.17. The Kier molecular flexibility index (Phi) is 6.17. The summed E-state index contributed by atoms with van der Waals surface area (Å²) in [5, 5.41) is 12.1. The number of nitrogens with zero attached hydrogens (tertiary/aromatic N) is 3. The van der Waals surface area contributed by atoms with Gasteiger partial charge in [0.1, 0.15) is 17.5 Å². The number of furan rings is 1. The molecule has 0 unspecified atom stereocenters. The molecule has 1 aromatic carbocycles. The number of fused-ring (bicyclic) bond motifs is 1. The third-order valence-electron chi connectivity index (χ3n) is 4.58. The molecule has 1 amide bonds. The topological polar surface area (TPSA) is 116 Å². The molecule has 9 heteroatoms. The van der Waals surface area contributed by atoms with E-state index in [-0.39, 0.29) is 24.3 Å². The minimum Gasteiger partial charge on any atom is -0.459 e. The number of anilines is 2. The lowest BCUT2D eigenvalue weighted by molar-refractivity contribution is -0.146. The molecule has 0 atom stereocenters. The second-order valence-corrected chi connectivity index (χ2v) is 6.48. The van der Waals surface area contributed by atoms with E-state index in [9.17, 15) is 19.6 Å². The van der Waals surface area contributed by atoms with Gasteiger partial charge in [-0.05, 0) is 24.3 Å². The van der Waals surface area contributed by atoms with Crippen LogP contribution in [0.2, 0.25) is 0 Å². The molecule has 0 spiro atoms. The predicted molar refractivity (Wildman–Crippen MR) is 108 cm³/mol. The van der Waals surface area contributed by atoms with Gasteiger partial charge in [0.2, 0.25) is 5.78 Å². The Morgan fingerprint density at radius 3 is 2.33 bits per heavy atom. The van der Waals surface area contributed by atoms with E-state index in [4.69, 9.17) is 9.15 Å². The minimum atomic E-state index is -0.665. The minimum absolute atomic E-state index is 0.0273. The van der Waals surface area contributed by atoms with E-state index in [1.54, 1.807) is 30.0 Å². The van der Waals surface area contributed by atoms with E-state index in [0.717, 1.165) is 11.4 Å². The molecule has 9 nitrogen and oxygen atoms in total. The van der Waals surface area contributed by atoms with Gasteiger partial charge in [-0.15, -0.1) is 0 Å². The van der Waals surface area contributed by atoms with Crippen LogP contribution in [0.5, 0.6) is 0 Å². The van der Waals surface area contributed by atoms with Gasteiger partial charge in [-0.25, -0.2) is 0 Å². The van der Waals surface area contributed by atoms with E-state index >= 15 is 0 Å². The number of esters is 1. The highest BCUT2D eigenvalue weighted by Crippen LogP contribution is 2.40. The molecule has 3 rings (SSSR count). The van der Waals surface area contributed by atoms with Crippen molar-refractivity contribution >= 4 is 29.0 Å². The molecule has 154 valence electrons. The van der Waals surface area contributed by atoms with Crippen LogP contribution in [0.15, 0.2) is 58.5 Å². The first kappa shape index (κ1) is 20.7. The number of ketones is 1. The van der Waals surface area contributed by atoms with Gasteiger partial charge in [-0.2, -0.15) is 5.26 Å². The number of para-hydroxylation sites is 2. The summed E-state index contributed by atoms with van der Waals surface area (Å²) in [5.41, 5.74) is 1.62. The number of nitriles is 1. The van der Waals surface area contributed by atoms with Crippen molar-refractivity contribution in [3.8, 4) is 6.07 Å². The number of Topliss-reactive ketones (excluding diaryl/α,β-unsaturated/α-hetero) is 1. The van der Waals surface area contributed by atoms with Crippen molar-refractivity contribution in [3.05, 3.63) is 59.8 Å². The van der Waals surface area contributed by atoms with E-state index in [0.29, 0.717) is 5.82 Å². The van der Waals surface area contributed by atoms with Crippen molar-refractivity contribution in [2.75, 3.05) is 37.0 Å². The Bertz CT molecular complexity index is 1000. The average Bonchev–Trinajstić information content (AvgIpc) is 3.37. The maximum Gasteiger partial charge on any atom is 0.308 e. The zero-order valence-electron chi connectivity index (χ0n) is 16.5. The summed E-state index contributed by atoms with van der Waals surface area (Å²) >= 11 is 0. The highest BCUT2D eigenvalue weighted by atomic mass is 16.5. The lowest BCUT2D eigenvalue weighted by Gasteiger charge is -2.19. The van der Waals surface area contributed by atoms with Gasteiger partial charge < -0.3 is 24.3 Å². The third kappa shape index (κ3) is 4.17. The number of rotatable bonds is 7. The fourth-order valence-electron chi connectivity index (χ4n) is 3.12. The van der Waals surface area contributed by atoms with Crippen LogP contribution in [0.1, 0.15) is 17.0 Å². The molecule has 2 heterocycles. The molecule has 1 aliphatic rings. The van der Waals surface area contributed by atoms with Crippen LogP contribution < -0.4 is 15.1 Å². The number of carbonyl (C=O) groups is 3. The van der Waals surface area contributed by atoms with Crippen molar-refractivity contribution in [3.63, 3.8) is 0 Å². The molecular weight excluding hydrogens is 388 g/mol. The molecule has 1 N–H and O–H groups in total. The van der Waals surface area contributed by atoms with Crippen molar-refractivity contribution in [2.45, 2.75) is 6.42 Å². The molecule has 0 saturated carbocycles. The van der Waals surface area contributed by atoms with Gasteiger partial charge >= 0.3 is 5.97 Å². The fraction of sp³-hybridized carbons (Fsp3) is 0.238. The Morgan fingerprint density at radius 2 is 1.77 bits per heavy atom. The Labute approximate surface area is 173 Å². The molecule has 1 aliphatic heterocycles. The zero-order valence-corrected chi connectivity index (χ0v) is 16.5. The van der Waals surface area contributed by atoms with Crippen molar-refractivity contribution < 1.29 is 23.5 Å². The number of amides is 1. The molecular formula is C21H20N4O5. The number of ether oxygens (including phenoxy) is 1. The van der Waals surface area contributed by atoms with Crippen molar-refractivity contribution in [1.29, 1.82) is 5.26 Å². The lowest BCUT2D eigenvalue weighted by Crippen LogP contribution is -2.29. The third-order valence-corrected chi connectivity index (χ3v) is 4.58. The number of benzene rings is 1. The van der Waals surface area contributed by atoms with Crippen LogP contribution in [0.4, 0.5) is 11.4 Å². The SMILES string of the molecule is CN1C(=C(C#N)C(=O)COC(=O)CCNC(=O)c2ccco2)N(C)c2ccccc21. The molecule has 0 saturated heterocycles. The molecule has 30 heavy (non-hydrogen) atoms. The van der Waals surface area contributed by atoms with E-state index in [2.05, 4.69) is 5.32 Å². The number of nitrogens with one attached hydrogen (secondary N) is 1. The summed E-state index contributed by atoms with van der Waals surface area (Å²) in [6.07, 6.45) is 1.25. The first-order valence-corrected chi connectivity index (χ1v) is 9.15. The van der Waals surface area contributed by atoms with E-state index < -0.39 is 24.3 Å². The van der Waals surface area contributed by atoms with Crippen LogP contribution in [0, 0.1) is 11.3 Å². The van der Waals surface area contributed by atoms with E-state index in [1.807, 2.05) is 30.3 Å². The van der Waals surface area contributed by atoms with Gasteiger partial charge in [-0.3, -0.25) is 14.4 Å². The highest BCUT2D eigenvalue weighted by Gasteiger charge is 2.31. The number of hydrogen-bond donors (Lipinski definition) is 1. The van der Waals surface area contributed by atoms with Crippen LogP contribution in [0.3, 0.4) is 0 Å². The standard InChI is InChI=1S/C21H20N4O5/c1-24-15-6-3-4-7-16(15)25(2)21(24)14(12-22)17(26)13-30-19(27)9-10-23-20(28)18-8-5-11-29-18/h3-8,11H,9-10,13H2,1-2H3,(H,23,28). The normalized spacial score (nSPS) is 12.2. The molecule has 0 fully saturated rings. The summed E-state index contributed by atoms with van der Waals surface area (Å²) in [6.45, 7) is -0.533. The van der Waals surface area contributed by atoms with Gasteiger partial charge in [-0.1, -0.05) is 12.1 Å². The first-order chi connectivity index (χ1) is 14.4. The largest absolute Gasteiger partial charge is 0.459 e. The lowest BCUT2D eigenvalue weighted by atomic mass is 10.2. The van der Waals surface area contributed by atoms with Crippen LogP contribution in [-0.4, -0.2) is 44.9 Å². The van der Waals surface area contributed by atoms with Crippen molar-refractivity contribution in [2.24, 2.45) is 0 Å². The summed E-state index contributed by atoms with van der Waals surface area (Å²) < 4.78 is 9.92. The molecule has 0 aliphatic carbocycles. The second-order valence-electron chi connectivity index (χ2n) is 6.48. The molecule has 2 aromatic rings. The Morgan fingerprint density at radius 1 is 1.10 bits per heavy atom. The maximum absolute atomic E-state index is 12.6.